The first kappa shape index (κ1) is 12.7. The molecule has 0 aliphatic carbocycles. The van der Waals surface area contributed by atoms with Gasteiger partial charge < -0.3 is 10.4 Å². The van der Waals surface area contributed by atoms with Crippen molar-refractivity contribution in [3.63, 3.8) is 0 Å². The first-order chi connectivity index (χ1) is 9.15. The Labute approximate surface area is 109 Å². The average Bonchev–Trinajstić information content (AvgIpc) is 2.41. The Morgan fingerprint density at radius 3 is 2.58 bits per heavy atom. The highest BCUT2D eigenvalue weighted by molar-refractivity contribution is 6.02. The molecule has 0 atom stereocenters. The Bertz CT molecular complexity index is 582. The number of aliphatic carboxylic acids is 1. The Balaban J connectivity index is 2.04. The summed E-state index contributed by atoms with van der Waals surface area (Å²) in [5.74, 6) is -1.29. The fraction of sp³-hybridized carbons (Fsp3) is 0.0769. The van der Waals surface area contributed by atoms with Crippen LogP contribution in [0.15, 0.2) is 42.7 Å². The van der Waals surface area contributed by atoms with Gasteiger partial charge >= 0.3 is 5.97 Å². The third-order valence-corrected chi connectivity index (χ3v) is 2.31. The van der Waals surface area contributed by atoms with Crippen LogP contribution in [0.1, 0.15) is 16.2 Å². The number of hydrogen-bond acceptors (Lipinski definition) is 4. The van der Waals surface area contributed by atoms with Gasteiger partial charge in [-0.1, -0.05) is 6.07 Å². The van der Waals surface area contributed by atoms with Gasteiger partial charge in [-0.2, -0.15) is 0 Å². The number of carbonyl (C=O) groups excluding carboxylic acids is 1. The monoisotopic (exact) mass is 257 g/mol. The number of nitrogens with zero attached hydrogens (tertiary/aromatic N) is 2. The molecule has 2 aromatic heterocycles. The molecule has 19 heavy (non-hydrogen) atoms. The molecule has 0 radical (unpaired) electrons. The summed E-state index contributed by atoms with van der Waals surface area (Å²) < 4.78 is 0. The molecule has 0 unspecified atom stereocenters. The van der Waals surface area contributed by atoms with Crippen molar-refractivity contribution in [1.82, 2.24) is 9.97 Å². The number of nitrogens with one attached hydrogen (secondary N) is 1. The molecule has 0 aliphatic rings. The summed E-state index contributed by atoms with van der Waals surface area (Å²) in [5.41, 5.74) is 1.23. The Hall–Kier alpha value is -2.76. The van der Waals surface area contributed by atoms with Crippen LogP contribution in [0.3, 0.4) is 0 Å². The van der Waals surface area contributed by atoms with Crippen molar-refractivity contribution in [2.45, 2.75) is 6.42 Å². The second kappa shape index (κ2) is 5.72. The zero-order chi connectivity index (χ0) is 13.7. The third kappa shape index (κ3) is 3.60. The highest BCUT2D eigenvalue weighted by atomic mass is 16.4. The van der Waals surface area contributed by atoms with E-state index in [1.165, 1.54) is 12.4 Å². The molecule has 0 saturated carbocycles. The quantitative estimate of drug-likeness (QED) is 0.862. The van der Waals surface area contributed by atoms with Gasteiger partial charge in [0.15, 0.2) is 0 Å². The molecule has 2 N–H and O–H groups in total. The maximum absolute atomic E-state index is 11.8. The van der Waals surface area contributed by atoms with Crippen molar-refractivity contribution in [3.05, 3.63) is 54.1 Å². The lowest BCUT2D eigenvalue weighted by atomic mass is 10.2. The van der Waals surface area contributed by atoms with Gasteiger partial charge in [0.2, 0.25) is 0 Å². The number of rotatable bonds is 4. The summed E-state index contributed by atoms with van der Waals surface area (Å²) in [7, 11) is 0. The molecule has 6 nitrogen and oxygen atoms in total. The SMILES string of the molecule is O=C(O)Cc1ccc(NC(=O)c2ccccn2)cn1. The molecule has 0 aromatic carbocycles. The predicted molar refractivity (Wildman–Crippen MR) is 67.8 cm³/mol. The largest absolute Gasteiger partial charge is 0.481 e. The second-order valence-electron chi connectivity index (χ2n) is 3.78. The molecular weight excluding hydrogens is 246 g/mol. The topological polar surface area (TPSA) is 92.2 Å². The fourth-order valence-corrected chi connectivity index (χ4v) is 1.45. The number of anilines is 1. The number of carboxylic acid groups (broad SMARTS) is 1. The summed E-state index contributed by atoms with van der Waals surface area (Å²) in [4.78, 5) is 30.2. The standard InChI is InChI=1S/C13H11N3O3/c17-12(18)7-9-4-5-10(8-15-9)16-13(19)11-3-1-2-6-14-11/h1-6,8H,7H2,(H,16,19)(H,17,18). The third-order valence-electron chi connectivity index (χ3n) is 2.31. The van der Waals surface area contributed by atoms with Crippen LogP contribution in [0, 0.1) is 0 Å². The molecule has 1 amide bonds. The summed E-state index contributed by atoms with van der Waals surface area (Å²) >= 11 is 0. The van der Waals surface area contributed by atoms with Gasteiger partial charge in [0, 0.05) is 6.20 Å². The van der Waals surface area contributed by atoms with E-state index in [-0.39, 0.29) is 12.3 Å². The van der Waals surface area contributed by atoms with Crippen LogP contribution in [-0.2, 0) is 11.2 Å². The van der Waals surface area contributed by atoms with E-state index in [4.69, 9.17) is 5.11 Å². The molecular formula is C13H11N3O3. The molecule has 0 fully saturated rings. The highest BCUT2D eigenvalue weighted by Gasteiger charge is 2.07. The summed E-state index contributed by atoms with van der Waals surface area (Å²) in [6.07, 6.45) is 2.80. The van der Waals surface area contributed by atoms with Crippen LogP contribution in [0.4, 0.5) is 5.69 Å². The molecule has 0 bridgehead atoms. The molecule has 2 rings (SSSR count). The van der Waals surface area contributed by atoms with Crippen molar-refractivity contribution in [3.8, 4) is 0 Å². The van der Waals surface area contributed by atoms with Crippen molar-refractivity contribution >= 4 is 17.6 Å². The number of amides is 1. The fourth-order valence-electron chi connectivity index (χ4n) is 1.45. The van der Waals surface area contributed by atoms with E-state index in [2.05, 4.69) is 15.3 Å². The second-order valence-corrected chi connectivity index (χ2v) is 3.78. The average molecular weight is 257 g/mol. The molecule has 2 heterocycles. The van der Waals surface area contributed by atoms with E-state index in [1.54, 1.807) is 30.3 Å². The van der Waals surface area contributed by atoms with Gasteiger partial charge in [0.25, 0.3) is 5.91 Å². The molecule has 2 aromatic rings. The molecule has 96 valence electrons. The lowest BCUT2D eigenvalue weighted by molar-refractivity contribution is -0.136. The molecule has 0 saturated heterocycles. The Morgan fingerprint density at radius 2 is 2.00 bits per heavy atom. The molecule has 0 spiro atoms. The van der Waals surface area contributed by atoms with E-state index in [0.29, 0.717) is 17.1 Å². The number of carbonyl (C=O) groups is 2. The lowest BCUT2D eigenvalue weighted by Crippen LogP contribution is -2.13. The van der Waals surface area contributed by atoms with Crippen molar-refractivity contribution < 1.29 is 14.7 Å². The van der Waals surface area contributed by atoms with Gasteiger partial charge in [-0.25, -0.2) is 0 Å². The number of pyridine rings is 2. The van der Waals surface area contributed by atoms with Crippen LogP contribution in [-0.4, -0.2) is 27.0 Å². The molecule has 6 heteroatoms. The van der Waals surface area contributed by atoms with E-state index in [1.807, 2.05) is 0 Å². The maximum atomic E-state index is 11.8. The minimum Gasteiger partial charge on any atom is -0.481 e. The zero-order valence-corrected chi connectivity index (χ0v) is 9.91. The van der Waals surface area contributed by atoms with Gasteiger partial charge in [-0.05, 0) is 24.3 Å². The van der Waals surface area contributed by atoms with E-state index in [9.17, 15) is 9.59 Å². The van der Waals surface area contributed by atoms with E-state index >= 15 is 0 Å². The van der Waals surface area contributed by atoms with Gasteiger partial charge in [0.1, 0.15) is 5.69 Å². The van der Waals surface area contributed by atoms with Crippen molar-refractivity contribution in [1.29, 1.82) is 0 Å². The minimum atomic E-state index is -0.947. The van der Waals surface area contributed by atoms with E-state index < -0.39 is 5.97 Å². The highest BCUT2D eigenvalue weighted by Crippen LogP contribution is 2.08. The number of carboxylic acids is 1. The lowest BCUT2D eigenvalue weighted by Gasteiger charge is -2.04. The van der Waals surface area contributed by atoms with Crippen molar-refractivity contribution in [2.75, 3.05) is 5.32 Å². The minimum absolute atomic E-state index is 0.144. The Kier molecular flexibility index (Phi) is 3.82. The smallest absolute Gasteiger partial charge is 0.309 e. The normalized spacial score (nSPS) is 9.89. The van der Waals surface area contributed by atoms with Crippen molar-refractivity contribution in [2.24, 2.45) is 0 Å². The van der Waals surface area contributed by atoms with Gasteiger partial charge in [0.05, 0.1) is 24.0 Å². The maximum Gasteiger partial charge on any atom is 0.309 e. The predicted octanol–water partition coefficient (Wildman–Crippen LogP) is 1.36. The first-order valence-electron chi connectivity index (χ1n) is 5.54. The van der Waals surface area contributed by atoms with Crippen LogP contribution >= 0.6 is 0 Å². The van der Waals surface area contributed by atoms with Crippen LogP contribution in [0.25, 0.3) is 0 Å². The van der Waals surface area contributed by atoms with Crippen LogP contribution in [0.2, 0.25) is 0 Å². The number of aromatic nitrogens is 2. The van der Waals surface area contributed by atoms with Gasteiger partial charge in [-0.3, -0.25) is 19.6 Å². The number of hydrogen-bond donors (Lipinski definition) is 2. The van der Waals surface area contributed by atoms with Crippen LogP contribution < -0.4 is 5.32 Å². The van der Waals surface area contributed by atoms with E-state index in [0.717, 1.165) is 0 Å². The summed E-state index contributed by atoms with van der Waals surface area (Å²) in [5, 5.41) is 11.2. The van der Waals surface area contributed by atoms with Crippen LogP contribution in [0.5, 0.6) is 0 Å². The van der Waals surface area contributed by atoms with Gasteiger partial charge in [-0.15, -0.1) is 0 Å². The molecule has 0 aliphatic heterocycles. The Morgan fingerprint density at radius 1 is 1.16 bits per heavy atom. The summed E-state index contributed by atoms with van der Waals surface area (Å²) in [6.45, 7) is 0. The first-order valence-corrected chi connectivity index (χ1v) is 5.54. The zero-order valence-electron chi connectivity index (χ0n) is 9.91. The summed E-state index contributed by atoms with van der Waals surface area (Å²) in [6, 6.07) is 8.20.